The van der Waals surface area contributed by atoms with E-state index in [0.29, 0.717) is 12.1 Å². The van der Waals surface area contributed by atoms with E-state index in [-0.39, 0.29) is 0 Å². The van der Waals surface area contributed by atoms with Gasteiger partial charge in [0.2, 0.25) is 0 Å². The van der Waals surface area contributed by atoms with Gasteiger partial charge in [-0.1, -0.05) is 30.8 Å². The minimum absolute atomic E-state index is 0.351. The smallest absolute Gasteiger partial charge is 0.138 e. The van der Waals surface area contributed by atoms with Crippen LogP contribution in [0.3, 0.4) is 0 Å². The number of aryl methyl sites for hydroxylation is 2. The highest BCUT2D eigenvalue weighted by atomic mass is 16.5. The van der Waals surface area contributed by atoms with Gasteiger partial charge >= 0.3 is 0 Å². The molecule has 0 bridgehead atoms. The van der Waals surface area contributed by atoms with E-state index in [1.807, 2.05) is 13.8 Å². The Hall–Kier alpha value is -0.830. The number of aromatic nitrogens is 1. The standard InChI is InChI=1S/C14H24N2O/c1-10(14-11(2)16-17-12(14)3)15-13-8-6-4-5-7-9-13/h10,13,15H,4-9H2,1-3H3. The summed E-state index contributed by atoms with van der Waals surface area (Å²) in [6, 6.07) is 1.02. The Kier molecular flexibility index (Phi) is 4.21. The Morgan fingerprint density at radius 3 is 2.35 bits per heavy atom. The molecule has 0 amide bonds. The zero-order valence-corrected chi connectivity index (χ0v) is 11.3. The summed E-state index contributed by atoms with van der Waals surface area (Å²) in [5, 5.41) is 7.78. The molecule has 0 aliphatic heterocycles. The fraction of sp³-hybridized carbons (Fsp3) is 0.786. The lowest BCUT2D eigenvalue weighted by atomic mass is 10.0. The Balaban J connectivity index is 1.98. The third kappa shape index (κ3) is 3.09. The van der Waals surface area contributed by atoms with Crippen molar-refractivity contribution in [1.29, 1.82) is 0 Å². The van der Waals surface area contributed by atoms with Crippen LogP contribution in [0.1, 0.15) is 68.5 Å². The van der Waals surface area contributed by atoms with Crippen molar-refractivity contribution in [3.8, 4) is 0 Å². The van der Waals surface area contributed by atoms with Gasteiger partial charge in [-0.2, -0.15) is 0 Å². The first-order valence-corrected chi connectivity index (χ1v) is 6.87. The molecule has 2 rings (SSSR count). The Morgan fingerprint density at radius 1 is 1.18 bits per heavy atom. The molecule has 0 saturated heterocycles. The molecular weight excluding hydrogens is 212 g/mol. The van der Waals surface area contributed by atoms with Gasteiger partial charge < -0.3 is 9.84 Å². The van der Waals surface area contributed by atoms with Gasteiger partial charge in [-0.05, 0) is 33.6 Å². The van der Waals surface area contributed by atoms with Crippen LogP contribution in [0.15, 0.2) is 4.52 Å². The molecule has 1 aromatic rings. The molecule has 17 heavy (non-hydrogen) atoms. The maximum absolute atomic E-state index is 5.24. The number of nitrogens with one attached hydrogen (secondary N) is 1. The van der Waals surface area contributed by atoms with Crippen molar-refractivity contribution in [3.05, 3.63) is 17.0 Å². The summed E-state index contributed by atoms with van der Waals surface area (Å²) < 4.78 is 5.24. The fourth-order valence-corrected chi connectivity index (χ4v) is 2.99. The second kappa shape index (κ2) is 5.67. The van der Waals surface area contributed by atoms with E-state index in [4.69, 9.17) is 4.52 Å². The molecule has 3 nitrogen and oxygen atoms in total. The minimum atomic E-state index is 0.351. The summed E-state index contributed by atoms with van der Waals surface area (Å²) in [4.78, 5) is 0. The van der Waals surface area contributed by atoms with E-state index in [9.17, 15) is 0 Å². The maximum Gasteiger partial charge on any atom is 0.138 e. The Bertz CT molecular complexity index is 332. The van der Waals surface area contributed by atoms with E-state index in [1.165, 1.54) is 44.1 Å². The van der Waals surface area contributed by atoms with Crippen LogP contribution >= 0.6 is 0 Å². The van der Waals surface area contributed by atoms with Crippen LogP contribution in [0.25, 0.3) is 0 Å². The quantitative estimate of drug-likeness (QED) is 0.814. The Labute approximate surface area is 104 Å². The zero-order valence-electron chi connectivity index (χ0n) is 11.3. The van der Waals surface area contributed by atoms with Gasteiger partial charge in [-0.25, -0.2) is 0 Å². The van der Waals surface area contributed by atoms with Crippen molar-refractivity contribution >= 4 is 0 Å². The second-order valence-electron chi connectivity index (χ2n) is 5.31. The summed E-state index contributed by atoms with van der Waals surface area (Å²) in [5.41, 5.74) is 2.27. The van der Waals surface area contributed by atoms with Crippen molar-refractivity contribution in [1.82, 2.24) is 10.5 Å². The van der Waals surface area contributed by atoms with Gasteiger partial charge in [-0.15, -0.1) is 0 Å². The molecule has 1 unspecified atom stereocenters. The third-order valence-electron chi connectivity index (χ3n) is 3.86. The largest absolute Gasteiger partial charge is 0.361 e. The lowest BCUT2D eigenvalue weighted by Gasteiger charge is -2.22. The molecule has 1 heterocycles. The number of hydrogen-bond donors (Lipinski definition) is 1. The second-order valence-corrected chi connectivity index (χ2v) is 5.31. The Morgan fingerprint density at radius 2 is 1.82 bits per heavy atom. The highest BCUT2D eigenvalue weighted by molar-refractivity contribution is 5.24. The van der Waals surface area contributed by atoms with Crippen LogP contribution in [0.4, 0.5) is 0 Å². The van der Waals surface area contributed by atoms with Gasteiger partial charge in [0.1, 0.15) is 5.76 Å². The lowest BCUT2D eigenvalue weighted by molar-refractivity contribution is 0.384. The molecule has 0 aromatic carbocycles. The summed E-state index contributed by atoms with van der Waals surface area (Å²) in [6.07, 6.45) is 8.16. The zero-order chi connectivity index (χ0) is 12.3. The topological polar surface area (TPSA) is 38.1 Å². The molecule has 1 aliphatic rings. The van der Waals surface area contributed by atoms with Gasteiger partial charge in [0.05, 0.1) is 5.69 Å². The summed E-state index contributed by atoms with van der Waals surface area (Å²) in [7, 11) is 0. The van der Waals surface area contributed by atoms with Crippen LogP contribution in [0.2, 0.25) is 0 Å². The molecule has 0 radical (unpaired) electrons. The van der Waals surface area contributed by atoms with E-state index in [1.54, 1.807) is 0 Å². The first kappa shape index (κ1) is 12.6. The van der Waals surface area contributed by atoms with Crippen molar-refractivity contribution < 1.29 is 4.52 Å². The van der Waals surface area contributed by atoms with Crippen molar-refractivity contribution in [2.75, 3.05) is 0 Å². The SMILES string of the molecule is Cc1noc(C)c1C(C)NC1CCCCCC1. The average Bonchev–Trinajstić information content (AvgIpc) is 2.53. The van der Waals surface area contributed by atoms with Gasteiger partial charge in [-0.3, -0.25) is 0 Å². The molecule has 1 atom stereocenters. The van der Waals surface area contributed by atoms with Crippen molar-refractivity contribution in [2.24, 2.45) is 0 Å². The number of nitrogens with zero attached hydrogens (tertiary/aromatic N) is 1. The van der Waals surface area contributed by atoms with Crippen LogP contribution < -0.4 is 5.32 Å². The molecule has 1 aliphatic carbocycles. The van der Waals surface area contributed by atoms with Crippen LogP contribution in [-0.2, 0) is 0 Å². The van der Waals surface area contributed by atoms with E-state index in [0.717, 1.165) is 11.5 Å². The van der Waals surface area contributed by atoms with E-state index >= 15 is 0 Å². The number of hydrogen-bond acceptors (Lipinski definition) is 3. The predicted octanol–water partition coefficient (Wildman–Crippen LogP) is 3.66. The van der Waals surface area contributed by atoms with E-state index in [2.05, 4.69) is 17.4 Å². The lowest BCUT2D eigenvalue weighted by Crippen LogP contribution is -2.31. The maximum atomic E-state index is 5.24. The average molecular weight is 236 g/mol. The van der Waals surface area contributed by atoms with Crippen LogP contribution in [-0.4, -0.2) is 11.2 Å². The molecule has 1 saturated carbocycles. The molecular formula is C14H24N2O. The summed E-state index contributed by atoms with van der Waals surface area (Å²) in [6.45, 7) is 6.25. The van der Waals surface area contributed by atoms with Crippen molar-refractivity contribution in [3.63, 3.8) is 0 Å². The highest BCUT2D eigenvalue weighted by Gasteiger charge is 2.20. The summed E-state index contributed by atoms with van der Waals surface area (Å²) >= 11 is 0. The molecule has 1 N–H and O–H groups in total. The molecule has 1 aromatic heterocycles. The minimum Gasteiger partial charge on any atom is -0.361 e. The number of rotatable bonds is 3. The van der Waals surface area contributed by atoms with Crippen LogP contribution in [0.5, 0.6) is 0 Å². The molecule has 1 fully saturated rings. The molecule has 3 heteroatoms. The molecule has 0 spiro atoms. The van der Waals surface area contributed by atoms with Gasteiger partial charge in [0, 0.05) is 17.6 Å². The predicted molar refractivity (Wildman–Crippen MR) is 69.0 cm³/mol. The third-order valence-corrected chi connectivity index (χ3v) is 3.86. The van der Waals surface area contributed by atoms with Gasteiger partial charge in [0.25, 0.3) is 0 Å². The van der Waals surface area contributed by atoms with E-state index < -0.39 is 0 Å². The van der Waals surface area contributed by atoms with Crippen molar-refractivity contribution in [2.45, 2.75) is 71.4 Å². The summed E-state index contributed by atoms with van der Waals surface area (Å²) in [5.74, 6) is 0.955. The monoisotopic (exact) mass is 236 g/mol. The van der Waals surface area contributed by atoms with Crippen LogP contribution in [0, 0.1) is 13.8 Å². The highest BCUT2D eigenvalue weighted by Crippen LogP contribution is 2.24. The fourth-order valence-electron chi connectivity index (χ4n) is 2.99. The first-order chi connectivity index (χ1) is 8.18. The normalized spacial score (nSPS) is 20.2. The first-order valence-electron chi connectivity index (χ1n) is 6.87. The molecule has 96 valence electrons. The van der Waals surface area contributed by atoms with Gasteiger partial charge in [0.15, 0.2) is 0 Å².